The summed E-state index contributed by atoms with van der Waals surface area (Å²) in [6, 6.07) is 4.54. The van der Waals surface area contributed by atoms with Crippen molar-refractivity contribution in [2.24, 2.45) is 0 Å². The van der Waals surface area contributed by atoms with Crippen LogP contribution in [0, 0.1) is 5.82 Å². The van der Waals surface area contributed by atoms with Gasteiger partial charge in [-0.25, -0.2) is 4.39 Å². The van der Waals surface area contributed by atoms with Gasteiger partial charge in [0.15, 0.2) is 0 Å². The van der Waals surface area contributed by atoms with Gasteiger partial charge in [-0.3, -0.25) is 0 Å². The molecule has 0 aliphatic heterocycles. The zero-order chi connectivity index (χ0) is 14.0. The summed E-state index contributed by atoms with van der Waals surface area (Å²) in [4.78, 5) is 0. The molecule has 0 aliphatic carbocycles. The zero-order valence-corrected chi connectivity index (χ0v) is 10.8. The van der Waals surface area contributed by atoms with Crippen LogP contribution >= 0.6 is 11.3 Å². The van der Waals surface area contributed by atoms with Crippen LogP contribution in [0.1, 0.15) is 22.7 Å². The largest absolute Gasteiger partial charge is 0.419 e. The van der Waals surface area contributed by atoms with E-state index < -0.39 is 17.6 Å². The second kappa shape index (κ2) is 5.30. The fraction of sp³-hybridized carbons (Fsp3) is 0.231. The van der Waals surface area contributed by atoms with E-state index in [1.807, 2.05) is 16.8 Å². The van der Waals surface area contributed by atoms with Crippen LogP contribution in [0.4, 0.5) is 17.6 Å². The van der Waals surface area contributed by atoms with Crippen molar-refractivity contribution in [3.05, 3.63) is 57.5 Å². The number of nitrogens with one attached hydrogen (secondary N) is 1. The van der Waals surface area contributed by atoms with Crippen molar-refractivity contribution >= 4 is 11.3 Å². The van der Waals surface area contributed by atoms with E-state index in [-0.39, 0.29) is 6.04 Å². The highest BCUT2D eigenvalue weighted by Crippen LogP contribution is 2.33. The Morgan fingerprint density at radius 1 is 1.16 bits per heavy atom. The molecule has 0 radical (unpaired) electrons. The molecule has 1 unspecified atom stereocenters. The lowest BCUT2D eigenvalue weighted by molar-refractivity contribution is -0.140. The molecule has 2 rings (SSSR count). The third-order valence-electron chi connectivity index (χ3n) is 2.80. The maximum absolute atomic E-state index is 13.5. The summed E-state index contributed by atoms with van der Waals surface area (Å²) in [5.74, 6) is -1.25. The molecule has 1 N–H and O–H groups in total. The van der Waals surface area contributed by atoms with Crippen molar-refractivity contribution in [2.45, 2.75) is 12.2 Å². The molecular weight excluding hydrogens is 278 g/mol. The van der Waals surface area contributed by atoms with Crippen molar-refractivity contribution < 1.29 is 17.6 Å². The third-order valence-corrected chi connectivity index (χ3v) is 3.50. The summed E-state index contributed by atoms with van der Waals surface area (Å²) >= 11 is 1.48. The predicted molar refractivity (Wildman–Crippen MR) is 66.6 cm³/mol. The standard InChI is InChI=1S/C13H11F4NS/c1-18-12(9-4-5-19-7-9)8-2-3-10(11(14)6-8)13(15,16)17/h2-7,12,18H,1H3. The van der Waals surface area contributed by atoms with E-state index in [1.54, 1.807) is 7.05 Å². The molecule has 0 saturated heterocycles. The van der Waals surface area contributed by atoms with E-state index in [2.05, 4.69) is 5.32 Å². The van der Waals surface area contributed by atoms with Crippen LogP contribution in [0.25, 0.3) is 0 Å². The van der Waals surface area contributed by atoms with Crippen LogP contribution in [-0.4, -0.2) is 7.05 Å². The van der Waals surface area contributed by atoms with Gasteiger partial charge in [-0.2, -0.15) is 24.5 Å². The lowest BCUT2D eigenvalue weighted by Crippen LogP contribution is -2.18. The number of alkyl halides is 3. The Kier molecular flexibility index (Phi) is 3.91. The second-order valence-electron chi connectivity index (χ2n) is 4.02. The van der Waals surface area contributed by atoms with Gasteiger partial charge in [0.25, 0.3) is 0 Å². The highest BCUT2D eigenvalue weighted by atomic mass is 32.1. The smallest absolute Gasteiger partial charge is 0.309 e. The molecule has 0 fully saturated rings. The van der Waals surface area contributed by atoms with E-state index in [0.29, 0.717) is 5.56 Å². The van der Waals surface area contributed by atoms with E-state index >= 15 is 0 Å². The first-order valence-corrected chi connectivity index (χ1v) is 6.43. The lowest BCUT2D eigenvalue weighted by atomic mass is 9.99. The van der Waals surface area contributed by atoms with E-state index in [0.717, 1.165) is 17.7 Å². The molecule has 0 saturated carbocycles. The Hall–Kier alpha value is -1.40. The first kappa shape index (κ1) is 14.0. The van der Waals surface area contributed by atoms with Crippen LogP contribution in [0.5, 0.6) is 0 Å². The van der Waals surface area contributed by atoms with Gasteiger partial charge in [0.1, 0.15) is 5.82 Å². The highest BCUT2D eigenvalue weighted by molar-refractivity contribution is 7.08. The summed E-state index contributed by atoms with van der Waals surface area (Å²) in [5, 5.41) is 6.70. The van der Waals surface area contributed by atoms with Crippen LogP contribution in [0.15, 0.2) is 35.0 Å². The zero-order valence-electron chi connectivity index (χ0n) is 9.96. The number of halogens is 4. The van der Waals surface area contributed by atoms with E-state index in [9.17, 15) is 17.6 Å². The van der Waals surface area contributed by atoms with Gasteiger partial charge in [-0.15, -0.1) is 0 Å². The molecule has 1 aromatic heterocycles. The Morgan fingerprint density at radius 2 is 1.89 bits per heavy atom. The summed E-state index contributed by atoms with van der Waals surface area (Å²) in [7, 11) is 1.68. The Labute approximate surface area is 111 Å². The number of hydrogen-bond donors (Lipinski definition) is 1. The summed E-state index contributed by atoms with van der Waals surface area (Å²) < 4.78 is 51.0. The van der Waals surface area contributed by atoms with Crippen molar-refractivity contribution in [3.63, 3.8) is 0 Å². The monoisotopic (exact) mass is 289 g/mol. The Morgan fingerprint density at radius 3 is 2.37 bits per heavy atom. The fourth-order valence-electron chi connectivity index (χ4n) is 1.91. The highest BCUT2D eigenvalue weighted by Gasteiger charge is 2.34. The molecule has 0 amide bonds. The van der Waals surface area contributed by atoms with Gasteiger partial charge >= 0.3 is 6.18 Å². The Bertz CT molecular complexity index is 548. The molecule has 1 atom stereocenters. The first-order chi connectivity index (χ1) is 8.93. The van der Waals surface area contributed by atoms with Crippen LogP contribution in [0.2, 0.25) is 0 Å². The normalized spacial score (nSPS) is 13.5. The Balaban J connectivity index is 2.39. The topological polar surface area (TPSA) is 12.0 Å². The second-order valence-corrected chi connectivity index (χ2v) is 4.80. The molecule has 19 heavy (non-hydrogen) atoms. The van der Waals surface area contributed by atoms with Crippen molar-refractivity contribution in [1.29, 1.82) is 0 Å². The SMILES string of the molecule is CNC(c1ccsc1)c1ccc(C(F)(F)F)c(F)c1. The third kappa shape index (κ3) is 2.96. The number of rotatable bonds is 3. The van der Waals surface area contributed by atoms with Gasteiger partial charge in [0, 0.05) is 0 Å². The van der Waals surface area contributed by atoms with Crippen LogP contribution < -0.4 is 5.32 Å². The average molecular weight is 289 g/mol. The summed E-state index contributed by atoms with van der Waals surface area (Å²) in [5.41, 5.74) is 0.120. The maximum atomic E-state index is 13.5. The lowest BCUT2D eigenvalue weighted by Gasteiger charge is -2.17. The van der Waals surface area contributed by atoms with Gasteiger partial charge in [-0.05, 0) is 47.1 Å². The molecule has 102 valence electrons. The first-order valence-electron chi connectivity index (χ1n) is 5.49. The molecule has 6 heteroatoms. The van der Waals surface area contributed by atoms with Gasteiger partial charge in [0.05, 0.1) is 11.6 Å². The van der Waals surface area contributed by atoms with Crippen LogP contribution in [0.3, 0.4) is 0 Å². The van der Waals surface area contributed by atoms with Crippen LogP contribution in [-0.2, 0) is 6.18 Å². The molecular formula is C13H11F4NS. The molecule has 2 aromatic rings. The average Bonchev–Trinajstić information content (AvgIpc) is 2.82. The molecule has 0 spiro atoms. The molecule has 0 bridgehead atoms. The fourth-order valence-corrected chi connectivity index (χ4v) is 2.59. The van der Waals surface area contributed by atoms with Gasteiger partial charge in [0.2, 0.25) is 0 Å². The minimum absolute atomic E-state index is 0.317. The summed E-state index contributed by atoms with van der Waals surface area (Å²) in [6.45, 7) is 0. The van der Waals surface area contributed by atoms with Crippen molar-refractivity contribution in [2.75, 3.05) is 7.05 Å². The number of hydrogen-bond acceptors (Lipinski definition) is 2. The van der Waals surface area contributed by atoms with Gasteiger partial charge < -0.3 is 5.32 Å². The molecule has 1 aromatic carbocycles. The quantitative estimate of drug-likeness (QED) is 0.834. The number of thiophene rings is 1. The van der Waals surface area contributed by atoms with Gasteiger partial charge in [-0.1, -0.05) is 6.07 Å². The minimum atomic E-state index is -4.67. The maximum Gasteiger partial charge on any atom is 0.419 e. The van der Waals surface area contributed by atoms with E-state index in [1.165, 1.54) is 17.4 Å². The minimum Gasteiger partial charge on any atom is -0.309 e. The van der Waals surface area contributed by atoms with Crippen molar-refractivity contribution in [1.82, 2.24) is 5.32 Å². The molecule has 0 aliphatic rings. The van der Waals surface area contributed by atoms with E-state index in [4.69, 9.17) is 0 Å². The predicted octanol–water partition coefficient (Wildman–Crippen LogP) is 4.21. The molecule has 1 heterocycles. The van der Waals surface area contributed by atoms with Crippen molar-refractivity contribution in [3.8, 4) is 0 Å². The summed E-state index contributed by atoms with van der Waals surface area (Å²) in [6.07, 6.45) is -4.67. The molecule has 1 nitrogen and oxygen atoms in total. The number of benzene rings is 1.